The molecule has 2 amide bonds. The normalized spacial score (nSPS) is 10.1. The quantitative estimate of drug-likeness (QED) is 0.719. The van der Waals surface area contributed by atoms with Crippen molar-refractivity contribution in [3.05, 3.63) is 53.1 Å². The molecule has 0 fully saturated rings. The second-order valence-electron chi connectivity index (χ2n) is 5.45. The SMILES string of the molecule is COCc1ccc(C(=O)NNC(=O)c2cc(OC)c(OC)c(OC)c2)cc1. The van der Waals surface area contributed by atoms with E-state index in [2.05, 4.69) is 10.9 Å². The molecule has 0 saturated carbocycles. The Hall–Kier alpha value is -3.26. The van der Waals surface area contributed by atoms with Gasteiger partial charge in [-0.15, -0.1) is 0 Å². The van der Waals surface area contributed by atoms with Crippen LogP contribution in [0.15, 0.2) is 36.4 Å². The van der Waals surface area contributed by atoms with Gasteiger partial charge < -0.3 is 18.9 Å². The lowest BCUT2D eigenvalue weighted by molar-refractivity contribution is 0.0846. The highest BCUT2D eigenvalue weighted by atomic mass is 16.5. The number of carbonyl (C=O) groups is 2. The Morgan fingerprint density at radius 3 is 1.74 bits per heavy atom. The highest BCUT2D eigenvalue weighted by Gasteiger charge is 2.17. The Balaban J connectivity index is 2.07. The van der Waals surface area contributed by atoms with Crippen molar-refractivity contribution in [3.8, 4) is 17.2 Å². The first kappa shape index (κ1) is 20.1. The van der Waals surface area contributed by atoms with Crippen molar-refractivity contribution < 1.29 is 28.5 Å². The van der Waals surface area contributed by atoms with Crippen LogP contribution in [0.1, 0.15) is 26.3 Å². The van der Waals surface area contributed by atoms with E-state index < -0.39 is 11.8 Å². The molecule has 0 heterocycles. The number of rotatable bonds is 7. The van der Waals surface area contributed by atoms with Gasteiger partial charge in [-0.25, -0.2) is 0 Å². The van der Waals surface area contributed by atoms with E-state index in [0.717, 1.165) is 5.56 Å². The molecule has 0 spiro atoms. The summed E-state index contributed by atoms with van der Waals surface area (Å²) in [7, 11) is 5.97. The molecule has 0 radical (unpaired) electrons. The average molecular weight is 374 g/mol. The van der Waals surface area contributed by atoms with Crippen LogP contribution in [-0.2, 0) is 11.3 Å². The lowest BCUT2D eigenvalue weighted by atomic mass is 10.1. The van der Waals surface area contributed by atoms with Crippen LogP contribution in [0.2, 0.25) is 0 Å². The molecule has 144 valence electrons. The summed E-state index contributed by atoms with van der Waals surface area (Å²) in [5.74, 6) is 0.0687. The van der Waals surface area contributed by atoms with Gasteiger partial charge in [0.1, 0.15) is 0 Å². The van der Waals surface area contributed by atoms with Crippen molar-refractivity contribution in [2.45, 2.75) is 6.61 Å². The monoisotopic (exact) mass is 374 g/mol. The maximum atomic E-state index is 12.4. The van der Waals surface area contributed by atoms with Crippen LogP contribution in [0.4, 0.5) is 0 Å². The second kappa shape index (κ2) is 9.44. The lowest BCUT2D eigenvalue weighted by Crippen LogP contribution is -2.41. The molecule has 2 aromatic rings. The zero-order chi connectivity index (χ0) is 19.8. The van der Waals surface area contributed by atoms with Crippen LogP contribution < -0.4 is 25.1 Å². The molecule has 0 atom stereocenters. The summed E-state index contributed by atoms with van der Waals surface area (Å²) in [5, 5.41) is 0. The second-order valence-corrected chi connectivity index (χ2v) is 5.45. The zero-order valence-corrected chi connectivity index (χ0v) is 15.6. The number of methoxy groups -OCH3 is 4. The molecule has 2 N–H and O–H groups in total. The molecule has 0 aliphatic rings. The summed E-state index contributed by atoms with van der Waals surface area (Å²) < 4.78 is 20.7. The number of hydrogen-bond acceptors (Lipinski definition) is 6. The van der Waals surface area contributed by atoms with Crippen LogP contribution in [0.3, 0.4) is 0 Å². The predicted molar refractivity (Wildman–Crippen MR) is 98.2 cm³/mol. The highest BCUT2D eigenvalue weighted by molar-refractivity contribution is 5.99. The van der Waals surface area contributed by atoms with Crippen LogP contribution >= 0.6 is 0 Å². The minimum atomic E-state index is -0.529. The van der Waals surface area contributed by atoms with Crippen LogP contribution in [0.25, 0.3) is 0 Å². The zero-order valence-electron chi connectivity index (χ0n) is 15.6. The molecule has 0 unspecified atom stereocenters. The maximum Gasteiger partial charge on any atom is 0.269 e. The van der Waals surface area contributed by atoms with Crippen molar-refractivity contribution in [2.24, 2.45) is 0 Å². The molecule has 27 heavy (non-hydrogen) atoms. The van der Waals surface area contributed by atoms with Crippen molar-refractivity contribution in [3.63, 3.8) is 0 Å². The van der Waals surface area contributed by atoms with Crippen LogP contribution in [0, 0.1) is 0 Å². The van der Waals surface area contributed by atoms with Gasteiger partial charge in [-0.05, 0) is 29.8 Å². The van der Waals surface area contributed by atoms with E-state index in [1.807, 2.05) is 0 Å². The molecule has 0 aliphatic heterocycles. The van der Waals surface area contributed by atoms with E-state index >= 15 is 0 Å². The fourth-order valence-electron chi connectivity index (χ4n) is 2.39. The number of hydrogen-bond donors (Lipinski definition) is 2. The van der Waals surface area contributed by atoms with E-state index in [0.29, 0.717) is 29.4 Å². The number of benzene rings is 2. The molecule has 2 rings (SSSR count). The van der Waals surface area contributed by atoms with Gasteiger partial charge in [-0.2, -0.15) is 0 Å². The summed E-state index contributed by atoms with van der Waals surface area (Å²) in [6.07, 6.45) is 0. The third-order valence-corrected chi connectivity index (χ3v) is 3.74. The summed E-state index contributed by atoms with van der Waals surface area (Å²) in [4.78, 5) is 24.5. The van der Waals surface area contributed by atoms with Gasteiger partial charge >= 0.3 is 0 Å². The Kier molecular flexibility index (Phi) is 7.01. The van der Waals surface area contributed by atoms with E-state index in [4.69, 9.17) is 18.9 Å². The Bertz CT molecular complexity index is 779. The number of nitrogens with one attached hydrogen (secondary N) is 2. The van der Waals surface area contributed by atoms with Gasteiger partial charge in [-0.1, -0.05) is 12.1 Å². The lowest BCUT2D eigenvalue weighted by Gasteiger charge is -2.14. The molecular weight excluding hydrogens is 352 g/mol. The van der Waals surface area contributed by atoms with E-state index in [1.54, 1.807) is 31.4 Å². The average Bonchev–Trinajstić information content (AvgIpc) is 2.71. The highest BCUT2D eigenvalue weighted by Crippen LogP contribution is 2.38. The first-order valence-corrected chi connectivity index (χ1v) is 8.02. The molecule has 2 aromatic carbocycles. The topological polar surface area (TPSA) is 95.1 Å². The molecular formula is C19H22N2O6. The molecule has 0 saturated heterocycles. The fraction of sp³-hybridized carbons (Fsp3) is 0.263. The van der Waals surface area contributed by atoms with Gasteiger partial charge in [-0.3, -0.25) is 20.4 Å². The largest absolute Gasteiger partial charge is 0.493 e. The minimum absolute atomic E-state index is 0.236. The number of amides is 2. The van der Waals surface area contributed by atoms with E-state index in [-0.39, 0.29) is 5.56 Å². The minimum Gasteiger partial charge on any atom is -0.493 e. The molecule has 8 heteroatoms. The van der Waals surface area contributed by atoms with Crippen LogP contribution in [0.5, 0.6) is 17.2 Å². The van der Waals surface area contributed by atoms with Crippen molar-refractivity contribution >= 4 is 11.8 Å². The van der Waals surface area contributed by atoms with Crippen molar-refractivity contribution in [1.82, 2.24) is 10.9 Å². The van der Waals surface area contributed by atoms with E-state index in [1.165, 1.54) is 33.5 Å². The Morgan fingerprint density at radius 2 is 1.30 bits per heavy atom. The number of ether oxygens (including phenoxy) is 4. The third kappa shape index (κ3) is 4.89. The molecule has 8 nitrogen and oxygen atoms in total. The summed E-state index contributed by atoms with van der Waals surface area (Å²) >= 11 is 0. The van der Waals surface area contributed by atoms with Gasteiger partial charge in [0.15, 0.2) is 11.5 Å². The van der Waals surface area contributed by atoms with Gasteiger partial charge in [0.25, 0.3) is 11.8 Å². The van der Waals surface area contributed by atoms with Gasteiger partial charge in [0.2, 0.25) is 5.75 Å². The predicted octanol–water partition coefficient (Wildman–Crippen LogP) is 1.93. The van der Waals surface area contributed by atoms with Gasteiger partial charge in [0.05, 0.1) is 27.9 Å². The molecule has 0 aliphatic carbocycles. The molecule has 0 bridgehead atoms. The summed E-state index contributed by atoms with van der Waals surface area (Å²) in [6.45, 7) is 0.458. The molecule has 0 aromatic heterocycles. The van der Waals surface area contributed by atoms with E-state index in [9.17, 15) is 9.59 Å². The fourth-order valence-corrected chi connectivity index (χ4v) is 2.39. The number of hydrazine groups is 1. The standard InChI is InChI=1S/C19H22N2O6/c1-24-11-12-5-7-13(8-6-12)18(22)20-21-19(23)14-9-15(25-2)17(27-4)16(10-14)26-3/h5-10H,11H2,1-4H3,(H,20,22)(H,21,23). The first-order valence-electron chi connectivity index (χ1n) is 8.02. The van der Waals surface area contributed by atoms with Crippen molar-refractivity contribution in [2.75, 3.05) is 28.4 Å². The smallest absolute Gasteiger partial charge is 0.269 e. The van der Waals surface area contributed by atoms with Crippen molar-refractivity contribution in [1.29, 1.82) is 0 Å². The Labute approximate surface area is 157 Å². The van der Waals surface area contributed by atoms with Gasteiger partial charge in [0, 0.05) is 18.2 Å². The third-order valence-electron chi connectivity index (χ3n) is 3.74. The summed E-state index contributed by atoms with van der Waals surface area (Å²) in [5.41, 5.74) is 6.31. The Morgan fingerprint density at radius 1 is 0.778 bits per heavy atom. The summed E-state index contributed by atoms with van der Waals surface area (Å²) in [6, 6.07) is 9.83. The first-order chi connectivity index (χ1) is 13.0. The number of carbonyl (C=O) groups excluding carboxylic acids is 2. The maximum absolute atomic E-state index is 12.4. The van der Waals surface area contributed by atoms with Crippen LogP contribution in [-0.4, -0.2) is 40.3 Å².